The van der Waals surface area contributed by atoms with E-state index in [-0.39, 0.29) is 26.5 Å². The van der Waals surface area contributed by atoms with Gasteiger partial charge in [0.15, 0.2) is 0 Å². The average Bonchev–Trinajstić information content (AvgIpc) is 4.44. The van der Waals surface area contributed by atoms with E-state index in [0.717, 1.165) is 72.2 Å². The second kappa shape index (κ2) is 17.9. The molecule has 0 N–H and O–H groups in total. The molecule has 6 heterocycles. The zero-order valence-electron chi connectivity index (χ0n) is 43.6. The Morgan fingerprint density at radius 2 is 1.19 bits per heavy atom. The number of hydrogen-bond donors (Lipinski definition) is 0. The summed E-state index contributed by atoms with van der Waals surface area (Å²) in [7, 11) is 0. The Kier molecular flexibility index (Phi) is 10.6. The molecule has 0 spiro atoms. The Morgan fingerprint density at radius 3 is 1.93 bits per heavy atom. The van der Waals surface area contributed by atoms with Gasteiger partial charge in [0.25, 0.3) is 6.33 Å². The minimum atomic E-state index is -0.115. The first-order chi connectivity index (χ1) is 38.8. The molecule has 8 nitrogen and oxygen atoms in total. The van der Waals surface area contributed by atoms with Crippen molar-refractivity contribution in [3.05, 3.63) is 248 Å². The van der Waals surface area contributed by atoms with Gasteiger partial charge in [0.1, 0.15) is 5.82 Å². The number of nitriles is 1. The fraction of sp³-hybridized carbons (Fsp3) is 0.0563. The summed E-state index contributed by atoms with van der Waals surface area (Å²) in [5, 5.41) is 19.8. The maximum atomic E-state index is 10.6. The predicted octanol–water partition coefficient (Wildman–Crippen LogP) is 16.7. The molecular formula is C71H45N7OPt-2. The molecule has 0 fully saturated rings. The van der Waals surface area contributed by atoms with Gasteiger partial charge in [-0.2, -0.15) is 11.3 Å². The van der Waals surface area contributed by atoms with Gasteiger partial charge in [-0.05, 0) is 88.3 Å². The number of benzene rings is 10. The molecule has 0 radical (unpaired) electrons. The Balaban J connectivity index is 0.00000552. The monoisotopic (exact) mass is 1210 g/mol. The van der Waals surface area contributed by atoms with Crippen LogP contribution in [0.2, 0.25) is 0 Å². The van der Waals surface area contributed by atoms with Crippen LogP contribution in [0, 0.1) is 29.8 Å². The Bertz CT molecular complexity index is 5160. The number of nitrogens with zero attached hydrogens (tertiary/aromatic N) is 7. The Morgan fingerprint density at radius 1 is 0.525 bits per heavy atom. The van der Waals surface area contributed by atoms with E-state index in [1.54, 1.807) is 6.07 Å². The predicted molar refractivity (Wildman–Crippen MR) is 318 cm³/mol. The molecule has 16 rings (SSSR count). The van der Waals surface area contributed by atoms with Crippen LogP contribution in [-0.4, -0.2) is 23.1 Å². The van der Waals surface area contributed by atoms with E-state index in [4.69, 9.17) is 9.72 Å². The van der Waals surface area contributed by atoms with E-state index >= 15 is 0 Å². The molecule has 10 aromatic carbocycles. The molecule has 0 amide bonds. The van der Waals surface area contributed by atoms with Crippen molar-refractivity contribution in [1.29, 1.82) is 5.26 Å². The summed E-state index contributed by atoms with van der Waals surface area (Å²) in [6, 6.07) is 84.2. The van der Waals surface area contributed by atoms with E-state index in [0.29, 0.717) is 22.7 Å². The molecule has 0 aliphatic rings. The summed E-state index contributed by atoms with van der Waals surface area (Å²) < 4.78 is 17.9. The van der Waals surface area contributed by atoms with Gasteiger partial charge in [-0.15, -0.1) is 35.7 Å². The van der Waals surface area contributed by atoms with Gasteiger partial charge in [0, 0.05) is 87.8 Å². The fourth-order valence-corrected chi connectivity index (χ4v) is 12.4. The summed E-state index contributed by atoms with van der Waals surface area (Å²) in [5.74, 6) is 1.63. The Labute approximate surface area is 474 Å². The van der Waals surface area contributed by atoms with E-state index in [1.807, 2.05) is 35.0 Å². The van der Waals surface area contributed by atoms with Gasteiger partial charge in [-0.3, -0.25) is 4.57 Å². The van der Waals surface area contributed by atoms with Crippen LogP contribution in [0.25, 0.3) is 127 Å². The molecule has 0 bridgehead atoms. The third kappa shape index (κ3) is 7.10. The van der Waals surface area contributed by atoms with Crippen molar-refractivity contribution in [3.8, 4) is 51.6 Å². The largest absolute Gasteiger partial charge is 0.510 e. The van der Waals surface area contributed by atoms with Crippen LogP contribution in [0.3, 0.4) is 0 Å². The first kappa shape index (κ1) is 47.4. The van der Waals surface area contributed by atoms with Crippen LogP contribution in [-0.2, 0) is 26.5 Å². The number of rotatable bonds is 7. The molecule has 0 aliphatic heterocycles. The fourth-order valence-electron chi connectivity index (χ4n) is 12.4. The molecule has 9 heteroatoms. The number of pyridine rings is 1. The number of imidazole rings is 1. The van der Waals surface area contributed by atoms with Crippen molar-refractivity contribution in [2.24, 2.45) is 0 Å². The zero-order chi connectivity index (χ0) is 52.7. The number of aromatic nitrogens is 6. The Hall–Kier alpha value is -9.80. The molecule has 382 valence electrons. The third-order valence-electron chi connectivity index (χ3n) is 15.9. The van der Waals surface area contributed by atoms with E-state index < -0.39 is 0 Å². The van der Waals surface area contributed by atoms with Crippen LogP contribution in [0.4, 0.5) is 0 Å². The summed E-state index contributed by atoms with van der Waals surface area (Å²) >= 11 is 0. The molecular weight excluding hydrogens is 1160 g/mol. The standard InChI is InChI=1S/C71H45N7O.Pt/c1-71(2,3)46-32-33-73-68(37-46)77-64-31-28-45(52-21-15-22-57-53-18-7-10-23-61(53)76(69(52)57)47-16-5-4-6-17-47)36-58(64)56-30-29-50(41-67(56)77)79-51-35-44(42-72)34-48(38-51)74-43-75(66-27-14-13-26-65(66)74)49-39-59-54-19-8-11-24-62(54)78-63-25-12-9-20-55(63)60(40-49)70(59)78;/h4-37,39-40H,1-3H3;/q-2;. The molecule has 0 saturated carbocycles. The summed E-state index contributed by atoms with van der Waals surface area (Å²) in [6.07, 6.45) is 5.59. The number of ether oxygens (including phenoxy) is 1. The smallest absolute Gasteiger partial charge is 0.268 e. The van der Waals surface area contributed by atoms with E-state index in [9.17, 15) is 5.26 Å². The average molecular weight is 1210 g/mol. The van der Waals surface area contributed by atoms with Crippen molar-refractivity contribution in [2.45, 2.75) is 26.2 Å². The van der Waals surface area contributed by atoms with Gasteiger partial charge in [0.05, 0.1) is 50.4 Å². The summed E-state index contributed by atoms with van der Waals surface area (Å²) in [6.45, 7) is 6.66. The van der Waals surface area contributed by atoms with Crippen LogP contribution in [0.1, 0.15) is 31.9 Å². The van der Waals surface area contributed by atoms with E-state index in [2.05, 4.69) is 245 Å². The van der Waals surface area contributed by atoms with Gasteiger partial charge in [-0.25, -0.2) is 4.98 Å². The van der Waals surface area contributed by atoms with Crippen molar-refractivity contribution in [2.75, 3.05) is 0 Å². The topological polar surface area (TPSA) is 69.0 Å². The van der Waals surface area contributed by atoms with Crippen molar-refractivity contribution >= 4 is 92.7 Å². The van der Waals surface area contributed by atoms with Gasteiger partial charge < -0.3 is 22.8 Å². The second-order valence-electron chi connectivity index (χ2n) is 21.5. The molecule has 80 heavy (non-hydrogen) atoms. The van der Waals surface area contributed by atoms with Gasteiger partial charge in [-0.1, -0.05) is 159 Å². The number of para-hydroxylation sites is 7. The van der Waals surface area contributed by atoms with E-state index in [1.165, 1.54) is 54.4 Å². The molecule has 0 aliphatic carbocycles. The molecule has 0 saturated heterocycles. The van der Waals surface area contributed by atoms with Crippen molar-refractivity contribution < 1.29 is 30.4 Å². The molecule has 16 aromatic rings. The first-order valence-electron chi connectivity index (χ1n) is 26.6. The third-order valence-corrected chi connectivity index (χ3v) is 15.9. The van der Waals surface area contributed by atoms with Crippen LogP contribution in [0.5, 0.6) is 11.5 Å². The molecule has 0 unspecified atom stereocenters. The second-order valence-corrected chi connectivity index (χ2v) is 21.5. The number of hydrogen-bond acceptors (Lipinski definition) is 3. The first-order valence-corrected chi connectivity index (χ1v) is 26.6. The van der Waals surface area contributed by atoms with Crippen molar-refractivity contribution in [3.63, 3.8) is 0 Å². The summed E-state index contributed by atoms with van der Waals surface area (Å²) in [4.78, 5) is 5.01. The van der Waals surface area contributed by atoms with Gasteiger partial charge >= 0.3 is 0 Å². The molecule has 6 aromatic heterocycles. The quantitative estimate of drug-likeness (QED) is 0.118. The summed E-state index contributed by atoms with van der Waals surface area (Å²) in [5.41, 5.74) is 16.0. The maximum absolute atomic E-state index is 10.6. The van der Waals surface area contributed by atoms with Crippen LogP contribution < -0.4 is 9.30 Å². The molecule has 0 atom stereocenters. The zero-order valence-corrected chi connectivity index (χ0v) is 45.9. The minimum Gasteiger partial charge on any atom is -0.510 e. The maximum Gasteiger partial charge on any atom is 0.268 e. The van der Waals surface area contributed by atoms with Crippen LogP contribution in [0.15, 0.2) is 219 Å². The van der Waals surface area contributed by atoms with Crippen molar-refractivity contribution in [1.82, 2.24) is 23.1 Å². The number of fused-ring (bicyclic) bond motifs is 13. The minimum absolute atomic E-state index is 0. The SMILES string of the molecule is CC(C)(C)c1ccnc(-n2c3[c-]c(Oc4[c-]c(-n5[c-][n+](-c6cc7c8ccccc8n8c9ccccc9c(c6)c78)c6ccccc65)cc(C#N)c4)ccc3c3cc(-c4cccc5c6ccccc6n(-c6ccccc6)c45)ccc32)c1.[Pt]. The van der Waals surface area contributed by atoms with Gasteiger partial charge in [0.2, 0.25) is 0 Å². The normalized spacial score (nSPS) is 12.1. The van der Waals surface area contributed by atoms with Crippen LogP contribution >= 0.6 is 0 Å².